The number of benzene rings is 1. The molecule has 10 heteroatoms. The molecule has 0 aliphatic heterocycles. The van der Waals surface area contributed by atoms with Crippen LogP contribution in [0.4, 0.5) is 5.69 Å². The van der Waals surface area contributed by atoms with Gasteiger partial charge >= 0.3 is 119 Å². The zero-order valence-electron chi connectivity index (χ0n) is 9.35. The summed E-state index contributed by atoms with van der Waals surface area (Å²) in [6.07, 6.45) is 0. The summed E-state index contributed by atoms with van der Waals surface area (Å²) in [5.74, 6) is -1.05. The third kappa shape index (κ3) is 2.99. The number of hydrogen-bond donors (Lipinski definition) is 2. The van der Waals surface area contributed by atoms with Crippen LogP contribution in [0.3, 0.4) is 0 Å². The molecule has 0 fully saturated rings. The van der Waals surface area contributed by atoms with Crippen molar-refractivity contribution in [1.29, 1.82) is 0 Å². The predicted molar refractivity (Wildman–Crippen MR) is 68.9 cm³/mol. The summed E-state index contributed by atoms with van der Waals surface area (Å²) in [5.41, 5.74) is 6.24. The number of rotatable bonds is 5. The third-order valence-electron chi connectivity index (χ3n) is 2.29. The van der Waals surface area contributed by atoms with Crippen molar-refractivity contribution in [1.82, 2.24) is 7.96 Å². The van der Waals surface area contributed by atoms with Gasteiger partial charge in [-0.3, -0.25) is 0 Å². The van der Waals surface area contributed by atoms with Gasteiger partial charge in [-0.05, 0) is 0 Å². The van der Waals surface area contributed by atoms with Gasteiger partial charge in [-0.1, -0.05) is 0 Å². The van der Waals surface area contributed by atoms with Crippen molar-refractivity contribution < 1.29 is 14.8 Å². The molecule has 1 unspecified atom stereocenters. The number of carboxylic acids is 1. The number of aromatic nitrogens is 2. The SMILES string of the molecule is NC(C[Se]c1ccc([N+](=O)[O-])c2n[se]nc12)C(=O)O. The number of carbonyl (C=O) groups is 1. The van der Waals surface area contributed by atoms with E-state index in [2.05, 4.69) is 7.96 Å². The van der Waals surface area contributed by atoms with Gasteiger partial charge in [-0.2, -0.15) is 0 Å². The molecule has 0 saturated heterocycles. The second kappa shape index (κ2) is 5.77. The Morgan fingerprint density at radius 3 is 2.84 bits per heavy atom. The Hall–Kier alpha value is -1.31. The van der Waals surface area contributed by atoms with E-state index in [-0.39, 0.29) is 35.6 Å². The summed E-state index contributed by atoms with van der Waals surface area (Å²) < 4.78 is 9.06. The molecule has 1 aromatic heterocycles. The Labute approximate surface area is 119 Å². The molecule has 0 spiro atoms. The van der Waals surface area contributed by atoms with E-state index in [1.807, 2.05) is 0 Å². The summed E-state index contributed by atoms with van der Waals surface area (Å²) in [7, 11) is 0. The average molecular weight is 394 g/mol. The van der Waals surface area contributed by atoms with Gasteiger partial charge < -0.3 is 0 Å². The minimum atomic E-state index is -1.05. The van der Waals surface area contributed by atoms with Crippen LogP contribution in [0.5, 0.6) is 0 Å². The Morgan fingerprint density at radius 1 is 1.53 bits per heavy atom. The van der Waals surface area contributed by atoms with E-state index in [0.29, 0.717) is 16.4 Å². The quantitative estimate of drug-likeness (QED) is 0.368. The van der Waals surface area contributed by atoms with E-state index in [1.165, 1.54) is 6.07 Å². The fourth-order valence-electron chi connectivity index (χ4n) is 1.35. The number of aliphatic carboxylic acids is 1. The van der Waals surface area contributed by atoms with Crippen LogP contribution in [0.15, 0.2) is 12.1 Å². The predicted octanol–water partition coefficient (Wildman–Crippen LogP) is -1.25. The van der Waals surface area contributed by atoms with E-state index in [1.54, 1.807) is 6.07 Å². The van der Waals surface area contributed by atoms with Crippen molar-refractivity contribution in [2.24, 2.45) is 5.73 Å². The zero-order valence-corrected chi connectivity index (χ0v) is 12.8. The third-order valence-corrected chi connectivity index (χ3v) is 5.84. The molecule has 3 N–H and O–H groups in total. The van der Waals surface area contributed by atoms with Crippen LogP contribution in [0.2, 0.25) is 5.32 Å². The summed E-state index contributed by atoms with van der Waals surface area (Å²) in [5, 5.41) is 19.9. The molecule has 1 heterocycles. The molecular weight excluding hydrogens is 386 g/mol. The van der Waals surface area contributed by atoms with Gasteiger partial charge in [0.05, 0.1) is 0 Å². The van der Waals surface area contributed by atoms with E-state index in [0.717, 1.165) is 4.46 Å². The topological polar surface area (TPSA) is 132 Å². The monoisotopic (exact) mass is 396 g/mol. The molecule has 2 aromatic rings. The van der Waals surface area contributed by atoms with Gasteiger partial charge in [0.25, 0.3) is 0 Å². The number of non-ortho nitro benzene ring substituents is 1. The molecule has 0 radical (unpaired) electrons. The molecule has 1 atom stereocenters. The van der Waals surface area contributed by atoms with Crippen LogP contribution in [-0.4, -0.2) is 59.9 Å². The summed E-state index contributed by atoms with van der Waals surface area (Å²) in [6.45, 7) is 0. The molecule has 0 aliphatic rings. The molecule has 19 heavy (non-hydrogen) atoms. The summed E-state index contributed by atoms with van der Waals surface area (Å²) in [6, 6.07) is 2.09. The van der Waals surface area contributed by atoms with Gasteiger partial charge in [-0.25, -0.2) is 0 Å². The maximum absolute atomic E-state index is 10.8. The first-order valence-electron chi connectivity index (χ1n) is 5.01. The summed E-state index contributed by atoms with van der Waals surface area (Å²) >= 11 is -0.565. The van der Waals surface area contributed by atoms with Crippen LogP contribution in [0.25, 0.3) is 11.0 Å². The first-order chi connectivity index (χ1) is 9.00. The van der Waals surface area contributed by atoms with Gasteiger partial charge in [0.2, 0.25) is 0 Å². The van der Waals surface area contributed by atoms with E-state index < -0.39 is 16.9 Å². The van der Waals surface area contributed by atoms with Crippen LogP contribution >= 0.6 is 0 Å². The normalized spacial score (nSPS) is 12.5. The molecule has 100 valence electrons. The van der Waals surface area contributed by atoms with Crippen molar-refractivity contribution >= 4 is 57.1 Å². The standard InChI is InChI=1S/C9H8N4O4Se2/c10-4(9(14)15)3-18-6-2-1-5(13(16)17)7-8(6)12-19-11-7/h1-2,4H,3,10H2,(H,14,15). The Bertz CT molecular complexity index is 644. The van der Waals surface area contributed by atoms with Crippen LogP contribution in [-0.2, 0) is 4.79 Å². The average Bonchev–Trinajstić information content (AvgIpc) is 2.83. The number of nitro groups is 1. The second-order valence-electron chi connectivity index (χ2n) is 3.56. The Kier molecular flexibility index (Phi) is 4.28. The van der Waals surface area contributed by atoms with Crippen molar-refractivity contribution in [2.75, 3.05) is 0 Å². The van der Waals surface area contributed by atoms with Crippen LogP contribution in [0, 0.1) is 10.1 Å². The molecule has 1 aromatic carbocycles. The van der Waals surface area contributed by atoms with E-state index in [9.17, 15) is 14.9 Å². The van der Waals surface area contributed by atoms with Crippen molar-refractivity contribution in [3.8, 4) is 0 Å². The molecule has 0 bridgehead atoms. The molecule has 0 amide bonds. The first kappa shape index (κ1) is 14.1. The summed E-state index contributed by atoms with van der Waals surface area (Å²) in [4.78, 5) is 21.0. The Balaban J connectivity index is 2.30. The van der Waals surface area contributed by atoms with E-state index in [4.69, 9.17) is 10.8 Å². The van der Waals surface area contributed by atoms with Crippen molar-refractivity contribution in [2.45, 2.75) is 11.4 Å². The first-order valence-corrected chi connectivity index (χ1v) is 8.61. The number of nitro benzene ring substituents is 1. The van der Waals surface area contributed by atoms with Crippen molar-refractivity contribution in [3.63, 3.8) is 0 Å². The van der Waals surface area contributed by atoms with Crippen molar-refractivity contribution in [3.05, 3.63) is 22.2 Å². The number of nitrogens with zero attached hydrogens (tertiary/aromatic N) is 3. The van der Waals surface area contributed by atoms with Crippen LogP contribution in [0.1, 0.15) is 0 Å². The Morgan fingerprint density at radius 2 is 2.21 bits per heavy atom. The number of nitrogens with two attached hydrogens (primary N) is 1. The fourth-order valence-corrected chi connectivity index (χ4v) is 4.81. The molecule has 2 rings (SSSR count). The van der Waals surface area contributed by atoms with Gasteiger partial charge in [0.15, 0.2) is 0 Å². The zero-order chi connectivity index (χ0) is 14.0. The molecular formula is C9H8N4O4Se2. The molecule has 0 aliphatic carbocycles. The maximum atomic E-state index is 10.8. The number of fused-ring (bicyclic) bond motifs is 1. The van der Waals surface area contributed by atoms with Gasteiger partial charge in [-0.15, -0.1) is 0 Å². The van der Waals surface area contributed by atoms with E-state index >= 15 is 0 Å². The fraction of sp³-hybridized carbons (Fsp3) is 0.222. The number of hydrogen-bond acceptors (Lipinski definition) is 6. The molecule has 0 saturated carbocycles. The van der Waals surface area contributed by atoms with Gasteiger partial charge in [0.1, 0.15) is 0 Å². The number of carboxylic acid groups (broad SMARTS) is 1. The second-order valence-corrected chi connectivity index (χ2v) is 6.89. The van der Waals surface area contributed by atoms with Gasteiger partial charge in [0, 0.05) is 0 Å². The van der Waals surface area contributed by atoms with Crippen LogP contribution < -0.4 is 10.2 Å². The molecule has 8 nitrogen and oxygen atoms in total. The minimum absolute atomic E-state index is 0.0554.